The van der Waals surface area contributed by atoms with Crippen LogP contribution < -0.4 is 0 Å². The van der Waals surface area contributed by atoms with Gasteiger partial charge >= 0.3 is 0 Å². The Labute approximate surface area is 91.2 Å². The molecule has 1 N–H and O–H groups in total. The number of aliphatic hydroxyl groups is 1. The van der Waals surface area contributed by atoms with E-state index in [0.717, 1.165) is 32.0 Å². The SMILES string of the molecule is OC1CCN(C2CCC(Cl)CC2)CC1. The van der Waals surface area contributed by atoms with Crippen molar-refractivity contribution in [1.82, 2.24) is 4.90 Å². The number of nitrogens with zero attached hydrogens (tertiary/aromatic N) is 1. The molecule has 2 aliphatic rings. The molecule has 3 heteroatoms. The van der Waals surface area contributed by atoms with Crippen molar-refractivity contribution in [3.8, 4) is 0 Å². The molecule has 0 spiro atoms. The van der Waals surface area contributed by atoms with Gasteiger partial charge in [0.1, 0.15) is 0 Å². The van der Waals surface area contributed by atoms with Gasteiger partial charge in [-0.05, 0) is 38.5 Å². The summed E-state index contributed by atoms with van der Waals surface area (Å²) in [4.78, 5) is 2.55. The van der Waals surface area contributed by atoms with Crippen molar-refractivity contribution >= 4 is 11.6 Å². The molecular formula is C11H20ClNO. The van der Waals surface area contributed by atoms with Crippen LogP contribution in [0.5, 0.6) is 0 Å². The fourth-order valence-electron chi connectivity index (χ4n) is 2.65. The number of aliphatic hydroxyl groups excluding tert-OH is 1. The second-order valence-corrected chi connectivity index (χ2v) is 5.29. The normalized spacial score (nSPS) is 37.3. The first kappa shape index (κ1) is 10.7. The van der Waals surface area contributed by atoms with Gasteiger partial charge in [-0.1, -0.05) is 0 Å². The first-order valence-corrected chi connectivity index (χ1v) is 6.25. The smallest absolute Gasteiger partial charge is 0.0564 e. The lowest BCUT2D eigenvalue weighted by Crippen LogP contribution is -2.44. The molecular weight excluding hydrogens is 198 g/mol. The van der Waals surface area contributed by atoms with Gasteiger partial charge in [0.25, 0.3) is 0 Å². The van der Waals surface area contributed by atoms with E-state index in [0.29, 0.717) is 5.38 Å². The van der Waals surface area contributed by atoms with Crippen LogP contribution in [0.2, 0.25) is 0 Å². The quantitative estimate of drug-likeness (QED) is 0.680. The van der Waals surface area contributed by atoms with Crippen LogP contribution in [0, 0.1) is 0 Å². The Balaban J connectivity index is 1.78. The maximum atomic E-state index is 9.42. The van der Waals surface area contributed by atoms with E-state index in [-0.39, 0.29) is 6.10 Å². The molecule has 1 saturated carbocycles. The van der Waals surface area contributed by atoms with Gasteiger partial charge in [0.15, 0.2) is 0 Å². The lowest BCUT2D eigenvalue weighted by atomic mass is 9.92. The Morgan fingerprint density at radius 2 is 1.50 bits per heavy atom. The molecule has 1 aliphatic heterocycles. The minimum atomic E-state index is -0.0457. The van der Waals surface area contributed by atoms with Crippen LogP contribution in [0.15, 0.2) is 0 Å². The highest BCUT2D eigenvalue weighted by Crippen LogP contribution is 2.28. The van der Waals surface area contributed by atoms with Crippen LogP contribution >= 0.6 is 11.6 Å². The number of halogens is 1. The highest BCUT2D eigenvalue weighted by atomic mass is 35.5. The Kier molecular flexibility index (Phi) is 3.69. The van der Waals surface area contributed by atoms with Crippen molar-refractivity contribution in [3.63, 3.8) is 0 Å². The summed E-state index contributed by atoms with van der Waals surface area (Å²) in [7, 11) is 0. The molecule has 0 unspecified atom stereocenters. The van der Waals surface area contributed by atoms with Crippen LogP contribution in [-0.4, -0.2) is 40.6 Å². The van der Waals surface area contributed by atoms with Gasteiger partial charge in [0.2, 0.25) is 0 Å². The van der Waals surface area contributed by atoms with Gasteiger partial charge in [0.05, 0.1) is 6.10 Å². The molecule has 1 aliphatic carbocycles. The topological polar surface area (TPSA) is 23.5 Å². The molecule has 0 radical (unpaired) electrons. The Bertz CT molecular complexity index is 152. The minimum Gasteiger partial charge on any atom is -0.393 e. The first-order valence-electron chi connectivity index (χ1n) is 5.82. The van der Waals surface area contributed by atoms with E-state index in [4.69, 9.17) is 11.6 Å². The lowest BCUT2D eigenvalue weighted by molar-refractivity contribution is 0.0508. The molecule has 0 amide bonds. The van der Waals surface area contributed by atoms with Gasteiger partial charge in [0, 0.05) is 24.5 Å². The zero-order valence-corrected chi connectivity index (χ0v) is 9.42. The lowest BCUT2D eigenvalue weighted by Gasteiger charge is -2.39. The van der Waals surface area contributed by atoms with Crippen LogP contribution in [0.1, 0.15) is 38.5 Å². The molecule has 0 bridgehead atoms. The van der Waals surface area contributed by atoms with E-state index in [9.17, 15) is 5.11 Å². The van der Waals surface area contributed by atoms with Crippen molar-refractivity contribution < 1.29 is 5.11 Å². The molecule has 14 heavy (non-hydrogen) atoms. The van der Waals surface area contributed by atoms with E-state index in [1.54, 1.807) is 0 Å². The van der Waals surface area contributed by atoms with E-state index >= 15 is 0 Å². The van der Waals surface area contributed by atoms with Gasteiger partial charge in [-0.3, -0.25) is 0 Å². The van der Waals surface area contributed by atoms with Gasteiger partial charge in [-0.2, -0.15) is 0 Å². The number of alkyl halides is 1. The molecule has 2 rings (SSSR count). The summed E-state index contributed by atoms with van der Waals surface area (Å²) in [6.45, 7) is 2.16. The van der Waals surface area contributed by atoms with Crippen molar-refractivity contribution in [2.45, 2.75) is 56.0 Å². The summed E-state index contributed by atoms with van der Waals surface area (Å²) in [5.41, 5.74) is 0. The van der Waals surface area contributed by atoms with E-state index in [2.05, 4.69) is 4.90 Å². The van der Waals surface area contributed by atoms with Gasteiger partial charge in [-0.25, -0.2) is 0 Å². The van der Waals surface area contributed by atoms with E-state index in [1.165, 1.54) is 25.7 Å². The van der Waals surface area contributed by atoms with Crippen molar-refractivity contribution in [3.05, 3.63) is 0 Å². The summed E-state index contributed by atoms with van der Waals surface area (Å²) < 4.78 is 0. The zero-order valence-electron chi connectivity index (χ0n) is 8.66. The second kappa shape index (κ2) is 4.82. The molecule has 2 nitrogen and oxygen atoms in total. The average Bonchev–Trinajstić information content (AvgIpc) is 2.21. The number of hydrogen-bond acceptors (Lipinski definition) is 2. The van der Waals surface area contributed by atoms with Crippen molar-refractivity contribution in [2.75, 3.05) is 13.1 Å². The van der Waals surface area contributed by atoms with E-state index in [1.807, 2.05) is 0 Å². The molecule has 0 atom stereocenters. The Morgan fingerprint density at radius 1 is 0.929 bits per heavy atom. The van der Waals surface area contributed by atoms with Gasteiger partial charge in [-0.15, -0.1) is 11.6 Å². The minimum absolute atomic E-state index is 0.0457. The predicted molar refractivity (Wildman–Crippen MR) is 58.7 cm³/mol. The monoisotopic (exact) mass is 217 g/mol. The summed E-state index contributed by atoms with van der Waals surface area (Å²) in [6, 6.07) is 0.748. The summed E-state index contributed by atoms with van der Waals surface area (Å²) in [5.74, 6) is 0. The third kappa shape index (κ3) is 2.62. The molecule has 82 valence electrons. The third-order valence-corrected chi connectivity index (χ3v) is 4.08. The zero-order chi connectivity index (χ0) is 9.97. The van der Waals surface area contributed by atoms with Crippen molar-refractivity contribution in [1.29, 1.82) is 0 Å². The summed E-state index contributed by atoms with van der Waals surface area (Å²) >= 11 is 6.09. The van der Waals surface area contributed by atoms with Crippen LogP contribution in [0.25, 0.3) is 0 Å². The molecule has 1 saturated heterocycles. The van der Waals surface area contributed by atoms with Crippen LogP contribution in [0.3, 0.4) is 0 Å². The number of rotatable bonds is 1. The standard InChI is InChI=1S/C11H20ClNO/c12-9-1-3-10(4-2-9)13-7-5-11(14)6-8-13/h9-11,14H,1-8H2. The largest absolute Gasteiger partial charge is 0.393 e. The Morgan fingerprint density at radius 3 is 2.07 bits per heavy atom. The molecule has 0 aromatic rings. The molecule has 1 heterocycles. The summed E-state index contributed by atoms with van der Waals surface area (Å²) in [6.07, 6.45) is 6.72. The predicted octanol–water partition coefficient (Wildman–Crippen LogP) is 1.99. The van der Waals surface area contributed by atoms with Crippen molar-refractivity contribution in [2.24, 2.45) is 0 Å². The van der Waals surface area contributed by atoms with Crippen LogP contribution in [0.4, 0.5) is 0 Å². The highest BCUT2D eigenvalue weighted by molar-refractivity contribution is 6.20. The molecule has 2 fully saturated rings. The fourth-order valence-corrected chi connectivity index (χ4v) is 2.90. The number of likely N-dealkylation sites (tertiary alicyclic amines) is 1. The fraction of sp³-hybridized carbons (Fsp3) is 1.00. The maximum Gasteiger partial charge on any atom is 0.0564 e. The molecule has 0 aromatic heterocycles. The second-order valence-electron chi connectivity index (χ2n) is 4.67. The average molecular weight is 218 g/mol. The van der Waals surface area contributed by atoms with Crippen LogP contribution in [-0.2, 0) is 0 Å². The Hall–Kier alpha value is 0.210. The number of hydrogen-bond donors (Lipinski definition) is 1. The summed E-state index contributed by atoms with van der Waals surface area (Å²) in [5, 5.41) is 9.84. The first-order chi connectivity index (χ1) is 6.75. The highest BCUT2D eigenvalue weighted by Gasteiger charge is 2.27. The maximum absolute atomic E-state index is 9.42. The van der Waals surface area contributed by atoms with Gasteiger partial charge < -0.3 is 10.0 Å². The molecule has 0 aromatic carbocycles. The van der Waals surface area contributed by atoms with E-state index < -0.39 is 0 Å². The third-order valence-electron chi connectivity index (χ3n) is 3.64. The number of piperidine rings is 1.